The number of hydrogen-bond donors (Lipinski definition) is 7. The Kier molecular flexibility index (Phi) is 10.1. The zero-order chi connectivity index (χ0) is 21.8. The number of aliphatic hydroxyl groups excluding tert-OH is 1. The number of carbonyl (C=O) groups excluding carboxylic acids is 2. The van der Waals surface area contributed by atoms with Crippen LogP contribution in [-0.4, -0.2) is 65.2 Å². The first-order valence-corrected chi connectivity index (χ1v) is 9.04. The summed E-state index contributed by atoms with van der Waals surface area (Å²) in [5, 5.41) is 22.8. The molecule has 10 N–H and O–H groups in total. The molecule has 3 unspecified atom stereocenters. The van der Waals surface area contributed by atoms with Gasteiger partial charge in [0.1, 0.15) is 12.1 Å². The van der Waals surface area contributed by atoms with Crippen LogP contribution in [0.15, 0.2) is 35.3 Å². The first kappa shape index (κ1) is 23.9. The van der Waals surface area contributed by atoms with Gasteiger partial charge in [0.25, 0.3) is 0 Å². The third-order valence-corrected chi connectivity index (χ3v) is 4.01. The minimum absolute atomic E-state index is 0.105. The van der Waals surface area contributed by atoms with Gasteiger partial charge in [-0.05, 0) is 24.8 Å². The van der Waals surface area contributed by atoms with Gasteiger partial charge in [-0.25, -0.2) is 4.79 Å². The molecular formula is C18H28N6O5. The number of aliphatic carboxylic acids is 1. The van der Waals surface area contributed by atoms with Gasteiger partial charge < -0.3 is 38.0 Å². The van der Waals surface area contributed by atoms with Crippen LogP contribution in [0, 0.1) is 0 Å². The highest BCUT2D eigenvalue weighted by Crippen LogP contribution is 2.04. The van der Waals surface area contributed by atoms with E-state index in [-0.39, 0.29) is 25.3 Å². The second-order valence-corrected chi connectivity index (χ2v) is 6.39. The number of guanidine groups is 1. The van der Waals surface area contributed by atoms with E-state index in [0.717, 1.165) is 5.56 Å². The van der Waals surface area contributed by atoms with Crippen molar-refractivity contribution in [3.8, 4) is 0 Å². The zero-order valence-electron chi connectivity index (χ0n) is 16.0. The van der Waals surface area contributed by atoms with Gasteiger partial charge >= 0.3 is 5.97 Å². The van der Waals surface area contributed by atoms with Crippen LogP contribution in [-0.2, 0) is 20.8 Å². The summed E-state index contributed by atoms with van der Waals surface area (Å²) in [5.74, 6) is -2.82. The molecule has 0 saturated heterocycles. The molecule has 1 aromatic rings. The van der Waals surface area contributed by atoms with Gasteiger partial charge in [-0.15, -0.1) is 0 Å². The van der Waals surface area contributed by atoms with E-state index in [9.17, 15) is 14.4 Å². The lowest BCUT2D eigenvalue weighted by Crippen LogP contribution is -2.55. The predicted octanol–water partition coefficient (Wildman–Crippen LogP) is -2.34. The number of nitrogens with two attached hydrogens (primary N) is 3. The van der Waals surface area contributed by atoms with Crippen molar-refractivity contribution in [1.29, 1.82) is 0 Å². The van der Waals surface area contributed by atoms with Gasteiger partial charge in [-0.2, -0.15) is 0 Å². The quantitative estimate of drug-likeness (QED) is 0.113. The van der Waals surface area contributed by atoms with Crippen LogP contribution in [0.2, 0.25) is 0 Å². The average molecular weight is 408 g/mol. The second-order valence-electron chi connectivity index (χ2n) is 6.39. The maximum atomic E-state index is 12.4. The van der Waals surface area contributed by atoms with Gasteiger partial charge in [-0.3, -0.25) is 14.6 Å². The van der Waals surface area contributed by atoms with Crippen molar-refractivity contribution < 1.29 is 24.6 Å². The molecule has 0 aliphatic rings. The minimum atomic E-state index is -1.49. The molecule has 29 heavy (non-hydrogen) atoms. The van der Waals surface area contributed by atoms with Crippen LogP contribution in [0.4, 0.5) is 0 Å². The maximum absolute atomic E-state index is 12.4. The molecule has 1 rings (SSSR count). The first-order valence-electron chi connectivity index (χ1n) is 9.04. The molecule has 2 amide bonds. The fraction of sp³-hybridized carbons (Fsp3) is 0.444. The van der Waals surface area contributed by atoms with Crippen LogP contribution in [0.1, 0.15) is 18.4 Å². The highest BCUT2D eigenvalue weighted by Gasteiger charge is 2.27. The number of rotatable bonds is 12. The largest absolute Gasteiger partial charge is 0.480 e. The minimum Gasteiger partial charge on any atom is -0.480 e. The highest BCUT2D eigenvalue weighted by atomic mass is 16.4. The number of benzene rings is 1. The Balaban J connectivity index is 2.77. The molecule has 0 aliphatic carbocycles. The number of aliphatic imine (C=N–C) groups is 1. The fourth-order valence-electron chi connectivity index (χ4n) is 2.47. The number of carboxylic acids is 1. The molecule has 0 heterocycles. The van der Waals surface area contributed by atoms with Crippen molar-refractivity contribution in [2.75, 3.05) is 13.2 Å². The number of aliphatic hydroxyl groups is 1. The summed E-state index contributed by atoms with van der Waals surface area (Å²) in [5.41, 5.74) is 17.3. The maximum Gasteiger partial charge on any atom is 0.328 e. The Hall–Kier alpha value is -3.18. The molecule has 0 saturated carbocycles. The number of nitrogens with one attached hydrogen (secondary N) is 2. The van der Waals surface area contributed by atoms with E-state index in [4.69, 9.17) is 27.4 Å². The summed E-state index contributed by atoms with van der Waals surface area (Å²) in [4.78, 5) is 39.7. The van der Waals surface area contributed by atoms with Crippen molar-refractivity contribution in [2.45, 2.75) is 37.4 Å². The molecule has 0 aromatic heterocycles. The van der Waals surface area contributed by atoms with Crippen LogP contribution in [0.5, 0.6) is 0 Å². The summed E-state index contributed by atoms with van der Waals surface area (Å²) >= 11 is 0. The number of carbonyl (C=O) groups is 3. The Morgan fingerprint density at radius 1 is 1.03 bits per heavy atom. The van der Waals surface area contributed by atoms with Crippen molar-refractivity contribution in [3.63, 3.8) is 0 Å². The summed E-state index contributed by atoms with van der Waals surface area (Å²) < 4.78 is 0. The zero-order valence-corrected chi connectivity index (χ0v) is 16.0. The molecule has 0 bridgehead atoms. The number of nitrogens with zero attached hydrogens (tertiary/aromatic N) is 1. The molecule has 160 valence electrons. The summed E-state index contributed by atoms with van der Waals surface area (Å²) in [6.45, 7) is -0.566. The van der Waals surface area contributed by atoms with Crippen molar-refractivity contribution in [3.05, 3.63) is 35.9 Å². The molecule has 11 heteroatoms. The van der Waals surface area contributed by atoms with Gasteiger partial charge in [0.05, 0.1) is 12.6 Å². The van der Waals surface area contributed by atoms with Crippen molar-refractivity contribution in [2.24, 2.45) is 22.2 Å². The Morgan fingerprint density at radius 2 is 1.66 bits per heavy atom. The van der Waals surface area contributed by atoms with Crippen molar-refractivity contribution >= 4 is 23.7 Å². The topological polar surface area (TPSA) is 206 Å². The van der Waals surface area contributed by atoms with E-state index in [0.29, 0.717) is 6.42 Å². The fourth-order valence-corrected chi connectivity index (χ4v) is 2.47. The first-order chi connectivity index (χ1) is 13.7. The van der Waals surface area contributed by atoms with E-state index < -0.39 is 42.5 Å². The number of carboxylic acid groups (broad SMARTS) is 1. The van der Waals surface area contributed by atoms with Crippen LogP contribution in [0.3, 0.4) is 0 Å². The average Bonchev–Trinajstić information content (AvgIpc) is 2.68. The van der Waals surface area contributed by atoms with Gasteiger partial charge in [0.15, 0.2) is 5.96 Å². The van der Waals surface area contributed by atoms with E-state index in [1.807, 2.05) is 30.3 Å². The monoisotopic (exact) mass is 408 g/mol. The third-order valence-electron chi connectivity index (χ3n) is 4.01. The lowest BCUT2D eigenvalue weighted by Gasteiger charge is -2.22. The molecule has 0 aliphatic heterocycles. The van der Waals surface area contributed by atoms with Crippen LogP contribution < -0.4 is 27.8 Å². The summed E-state index contributed by atoms with van der Waals surface area (Å²) in [7, 11) is 0. The van der Waals surface area contributed by atoms with E-state index in [1.54, 1.807) is 0 Å². The Morgan fingerprint density at radius 3 is 2.21 bits per heavy atom. The van der Waals surface area contributed by atoms with Gasteiger partial charge in [0, 0.05) is 6.54 Å². The van der Waals surface area contributed by atoms with E-state index in [2.05, 4.69) is 15.6 Å². The molecule has 3 atom stereocenters. The van der Waals surface area contributed by atoms with Crippen LogP contribution in [0.25, 0.3) is 0 Å². The normalized spacial score (nSPS) is 13.6. The molecule has 11 nitrogen and oxygen atoms in total. The van der Waals surface area contributed by atoms with Crippen molar-refractivity contribution in [1.82, 2.24) is 10.6 Å². The number of hydrogen-bond acceptors (Lipinski definition) is 6. The summed E-state index contributed by atoms with van der Waals surface area (Å²) in [6, 6.07) is 5.67. The highest BCUT2D eigenvalue weighted by molar-refractivity contribution is 5.91. The SMILES string of the molecule is NC(N)=NCCCC(NC(=O)C(N)Cc1ccccc1)C(=O)NC(CO)C(=O)O. The van der Waals surface area contributed by atoms with E-state index >= 15 is 0 Å². The Labute approximate surface area is 168 Å². The third kappa shape index (κ3) is 9.04. The summed E-state index contributed by atoms with van der Waals surface area (Å²) in [6.07, 6.45) is 0.759. The standard InChI is InChI=1S/C18H28N6O5/c19-12(9-11-5-2-1-3-6-11)15(26)23-13(7-4-8-22-18(20)21)16(27)24-14(10-25)17(28)29/h1-3,5-6,12-14,25H,4,7-10,19H2,(H,23,26)(H,24,27)(H,28,29)(H4,20,21,22). The second kappa shape index (κ2) is 12.3. The molecule has 0 spiro atoms. The lowest BCUT2D eigenvalue weighted by atomic mass is 10.0. The van der Waals surface area contributed by atoms with Gasteiger partial charge in [-0.1, -0.05) is 30.3 Å². The molecule has 0 fully saturated rings. The molecular weight excluding hydrogens is 380 g/mol. The Bertz CT molecular complexity index is 708. The molecule has 0 radical (unpaired) electrons. The predicted molar refractivity (Wildman–Crippen MR) is 107 cm³/mol. The number of amides is 2. The molecule has 1 aromatic carbocycles. The van der Waals surface area contributed by atoms with Gasteiger partial charge in [0.2, 0.25) is 11.8 Å². The van der Waals surface area contributed by atoms with E-state index in [1.165, 1.54) is 0 Å². The smallest absolute Gasteiger partial charge is 0.328 e. The van der Waals surface area contributed by atoms with Crippen LogP contribution >= 0.6 is 0 Å². The lowest BCUT2D eigenvalue weighted by molar-refractivity contribution is -0.143.